The van der Waals surface area contributed by atoms with Crippen molar-refractivity contribution in [3.8, 4) is 0 Å². The minimum atomic E-state index is -0.0357. The third-order valence-electron chi connectivity index (χ3n) is 3.36. The van der Waals surface area contributed by atoms with Gasteiger partial charge in [-0.1, -0.05) is 43.2 Å². The number of hydrogen-bond acceptors (Lipinski definition) is 3. The molecule has 2 fully saturated rings. The lowest BCUT2D eigenvalue weighted by Crippen LogP contribution is -2.19. The molecule has 0 bridgehead atoms. The van der Waals surface area contributed by atoms with Gasteiger partial charge in [-0.2, -0.15) is 0 Å². The van der Waals surface area contributed by atoms with Crippen molar-refractivity contribution in [2.75, 3.05) is 0 Å². The molecule has 1 aromatic rings. The van der Waals surface area contributed by atoms with Gasteiger partial charge in [-0.3, -0.25) is 5.09 Å². The summed E-state index contributed by atoms with van der Waals surface area (Å²) in [5.74, 6) is 0. The van der Waals surface area contributed by atoms with Gasteiger partial charge in [0.1, 0.15) is 0 Å². The van der Waals surface area contributed by atoms with Crippen molar-refractivity contribution in [2.45, 2.75) is 42.7 Å². The van der Waals surface area contributed by atoms with Crippen LogP contribution in [-0.2, 0) is 6.54 Å². The number of hydrogen-bond donors (Lipinski definition) is 1. The zero-order valence-electron chi connectivity index (χ0n) is 9.84. The molecule has 1 aliphatic carbocycles. The Morgan fingerprint density at radius 3 is 2.35 bits per heavy atom. The van der Waals surface area contributed by atoms with E-state index >= 15 is 0 Å². The molecule has 3 rings (SSSR count). The molecule has 1 N–H and O–H groups in total. The van der Waals surface area contributed by atoms with Crippen molar-refractivity contribution in [3.05, 3.63) is 35.9 Å². The van der Waals surface area contributed by atoms with E-state index in [1.54, 1.807) is 0 Å². The van der Waals surface area contributed by atoms with E-state index in [2.05, 4.69) is 58.2 Å². The van der Waals surface area contributed by atoms with Gasteiger partial charge in [0.25, 0.3) is 0 Å². The van der Waals surface area contributed by atoms with Crippen LogP contribution in [0.2, 0.25) is 0 Å². The summed E-state index contributed by atoms with van der Waals surface area (Å²) >= 11 is 4.46. The quantitative estimate of drug-likeness (QED) is 0.801. The van der Waals surface area contributed by atoms with E-state index in [4.69, 9.17) is 0 Å². The lowest BCUT2D eigenvalue weighted by atomic mass is 10.00. The maximum Gasteiger partial charge on any atom is 0.0856 e. The summed E-state index contributed by atoms with van der Waals surface area (Å²) in [5.41, 5.74) is 1.41. The fourth-order valence-corrected chi connectivity index (χ4v) is 11.7. The lowest BCUT2D eigenvalue weighted by Gasteiger charge is -2.21. The van der Waals surface area contributed by atoms with E-state index in [1.807, 2.05) is 0 Å². The molecule has 17 heavy (non-hydrogen) atoms. The molecule has 2 atom stereocenters. The lowest BCUT2D eigenvalue weighted by molar-refractivity contribution is 0.532. The highest BCUT2D eigenvalue weighted by Gasteiger charge is 2.37. The van der Waals surface area contributed by atoms with Crippen LogP contribution < -0.4 is 5.09 Å². The van der Waals surface area contributed by atoms with Gasteiger partial charge in [-0.05, 0) is 18.4 Å². The minimum Gasteiger partial charge on any atom is -0.275 e. The van der Waals surface area contributed by atoms with Crippen molar-refractivity contribution >= 4 is 29.2 Å². The highest BCUT2D eigenvalue weighted by Crippen LogP contribution is 2.71. The molecule has 1 aliphatic heterocycles. The standard InChI is InChI=1S/C13H18NPS2/c1-2-6-11(7-3-1)10-14-15-16-12-8-4-5-9-13(12)17-15/h1-3,6-7,12-14H,4-5,8-10H2/t12-,13-/m0/s1. The first-order chi connectivity index (χ1) is 8.42. The number of fused-ring (bicyclic) bond motifs is 1. The first-order valence-electron chi connectivity index (χ1n) is 6.33. The molecule has 92 valence electrons. The van der Waals surface area contributed by atoms with Gasteiger partial charge < -0.3 is 0 Å². The Morgan fingerprint density at radius 2 is 1.71 bits per heavy atom. The van der Waals surface area contributed by atoms with Crippen molar-refractivity contribution in [1.29, 1.82) is 0 Å². The second-order valence-corrected chi connectivity index (χ2v) is 11.3. The molecule has 0 spiro atoms. The third kappa shape index (κ3) is 3.20. The Labute approximate surface area is 113 Å². The Morgan fingerprint density at radius 1 is 1.06 bits per heavy atom. The molecule has 0 aromatic heterocycles. The molecule has 0 unspecified atom stereocenters. The molecule has 1 aromatic carbocycles. The Kier molecular flexibility index (Phi) is 4.34. The van der Waals surface area contributed by atoms with Crippen LogP contribution >= 0.6 is 29.2 Å². The molecular weight excluding hydrogens is 265 g/mol. The van der Waals surface area contributed by atoms with Crippen LogP contribution in [0.4, 0.5) is 0 Å². The Bertz CT molecular complexity index is 346. The zero-order chi connectivity index (χ0) is 11.5. The van der Waals surface area contributed by atoms with Crippen LogP contribution in [0, 0.1) is 0 Å². The summed E-state index contributed by atoms with van der Waals surface area (Å²) in [5, 5.41) is 5.64. The Balaban J connectivity index is 1.50. The third-order valence-corrected chi connectivity index (χ3v) is 11.1. The van der Waals surface area contributed by atoms with Gasteiger partial charge in [0.2, 0.25) is 0 Å². The number of rotatable bonds is 3. The average molecular weight is 283 g/mol. The monoisotopic (exact) mass is 283 g/mol. The van der Waals surface area contributed by atoms with Crippen LogP contribution in [0.25, 0.3) is 0 Å². The van der Waals surface area contributed by atoms with E-state index in [0.29, 0.717) is 0 Å². The molecular formula is C13H18NPS2. The topological polar surface area (TPSA) is 12.0 Å². The molecule has 1 saturated carbocycles. The normalized spacial score (nSPS) is 29.2. The fraction of sp³-hybridized carbons (Fsp3) is 0.538. The van der Waals surface area contributed by atoms with Crippen molar-refractivity contribution in [3.63, 3.8) is 0 Å². The summed E-state index contributed by atoms with van der Waals surface area (Å²) in [6.07, 6.45) is 5.82. The predicted molar refractivity (Wildman–Crippen MR) is 81.4 cm³/mol. The summed E-state index contributed by atoms with van der Waals surface area (Å²) < 4.78 is 0. The molecule has 2 aliphatic rings. The summed E-state index contributed by atoms with van der Waals surface area (Å²) in [6, 6.07) is 10.8. The van der Waals surface area contributed by atoms with Crippen molar-refractivity contribution in [2.24, 2.45) is 0 Å². The van der Waals surface area contributed by atoms with Gasteiger partial charge in [0, 0.05) is 17.0 Å². The van der Waals surface area contributed by atoms with Crippen molar-refractivity contribution < 1.29 is 0 Å². The predicted octanol–water partition coefficient (Wildman–Crippen LogP) is 4.79. The first kappa shape index (κ1) is 12.3. The average Bonchev–Trinajstić information content (AvgIpc) is 2.80. The molecule has 1 saturated heterocycles. The molecule has 0 radical (unpaired) electrons. The van der Waals surface area contributed by atoms with Crippen LogP contribution in [0.15, 0.2) is 30.3 Å². The van der Waals surface area contributed by atoms with Gasteiger partial charge >= 0.3 is 0 Å². The second-order valence-electron chi connectivity index (χ2n) is 4.65. The smallest absolute Gasteiger partial charge is 0.0856 e. The first-order valence-corrected chi connectivity index (χ1v) is 10.6. The maximum atomic E-state index is 3.74. The zero-order valence-corrected chi connectivity index (χ0v) is 12.4. The van der Waals surface area contributed by atoms with E-state index in [9.17, 15) is 0 Å². The Hall–Kier alpha value is 0.310. The van der Waals surface area contributed by atoms with Gasteiger partial charge in [-0.15, -0.1) is 22.8 Å². The highest BCUT2D eigenvalue weighted by molar-refractivity contribution is 8.89. The van der Waals surface area contributed by atoms with Crippen LogP contribution in [0.3, 0.4) is 0 Å². The van der Waals surface area contributed by atoms with E-state index in [0.717, 1.165) is 17.0 Å². The van der Waals surface area contributed by atoms with Gasteiger partial charge in [0.05, 0.1) is 6.48 Å². The van der Waals surface area contributed by atoms with Crippen LogP contribution in [-0.4, -0.2) is 10.5 Å². The minimum absolute atomic E-state index is 0.0357. The summed E-state index contributed by atoms with van der Waals surface area (Å²) in [4.78, 5) is 0. The maximum absolute atomic E-state index is 3.74. The highest BCUT2D eigenvalue weighted by atomic mass is 33.1. The molecule has 0 amide bonds. The summed E-state index contributed by atoms with van der Waals surface area (Å²) in [7, 11) is 0. The molecule has 1 heterocycles. The van der Waals surface area contributed by atoms with Gasteiger partial charge in [-0.25, -0.2) is 0 Å². The molecule has 4 heteroatoms. The molecule has 1 nitrogen and oxygen atoms in total. The van der Waals surface area contributed by atoms with E-state index < -0.39 is 0 Å². The van der Waals surface area contributed by atoms with Gasteiger partial charge in [0.15, 0.2) is 0 Å². The van der Waals surface area contributed by atoms with Crippen LogP contribution in [0.1, 0.15) is 31.2 Å². The number of nitrogens with one attached hydrogen (secondary N) is 1. The fourth-order valence-electron chi connectivity index (χ4n) is 2.40. The van der Waals surface area contributed by atoms with E-state index in [1.165, 1.54) is 31.2 Å². The van der Waals surface area contributed by atoms with E-state index in [-0.39, 0.29) is 6.48 Å². The van der Waals surface area contributed by atoms with Crippen molar-refractivity contribution in [1.82, 2.24) is 5.09 Å². The van der Waals surface area contributed by atoms with Crippen LogP contribution in [0.5, 0.6) is 0 Å². The summed E-state index contributed by atoms with van der Waals surface area (Å²) in [6.45, 7) is 0.998. The largest absolute Gasteiger partial charge is 0.275 e. The SMILES string of the molecule is c1ccc(CNP2S[C@H]3CCCC[C@@H]3S2)cc1. The second kappa shape index (κ2) is 5.97. The number of benzene rings is 1.